The first-order valence-electron chi connectivity index (χ1n) is 13.4. The molecule has 1 atom stereocenters. The van der Waals surface area contributed by atoms with E-state index in [1.165, 1.54) is 30.3 Å². The van der Waals surface area contributed by atoms with E-state index in [2.05, 4.69) is 48.0 Å². The lowest BCUT2D eigenvalue weighted by molar-refractivity contribution is -0.149. The topological polar surface area (TPSA) is 44.8 Å². The Morgan fingerprint density at radius 3 is 2.32 bits per heavy atom. The Hall–Kier alpha value is -3.00. The van der Waals surface area contributed by atoms with Crippen LogP contribution in [0.4, 0.5) is 24.5 Å². The summed E-state index contributed by atoms with van der Waals surface area (Å²) in [7, 11) is 0. The summed E-state index contributed by atoms with van der Waals surface area (Å²) in [4.78, 5) is 17.5. The molecule has 0 spiro atoms. The number of carbonyl (C=O) groups is 1. The van der Waals surface area contributed by atoms with Crippen molar-refractivity contribution in [3.05, 3.63) is 71.8 Å². The van der Waals surface area contributed by atoms with Crippen molar-refractivity contribution in [2.45, 2.75) is 70.4 Å². The zero-order valence-corrected chi connectivity index (χ0v) is 22.3. The Morgan fingerprint density at radius 1 is 1.05 bits per heavy atom. The Kier molecular flexibility index (Phi) is 9.03. The minimum absolute atomic E-state index is 0.00744. The third kappa shape index (κ3) is 7.10. The minimum atomic E-state index is -4.37. The van der Waals surface area contributed by atoms with Crippen LogP contribution in [0.3, 0.4) is 0 Å². The number of nitrogens with zero attached hydrogens (tertiary/aromatic N) is 2. The second-order valence-corrected chi connectivity index (χ2v) is 10.4. The van der Waals surface area contributed by atoms with E-state index in [1.54, 1.807) is 12.1 Å². The molecule has 4 rings (SSSR count). The molecule has 0 radical (unpaired) electrons. The number of halogens is 3. The van der Waals surface area contributed by atoms with E-state index in [0.29, 0.717) is 25.2 Å². The van der Waals surface area contributed by atoms with Gasteiger partial charge in [-0.1, -0.05) is 29.8 Å². The van der Waals surface area contributed by atoms with E-state index in [4.69, 9.17) is 4.74 Å². The van der Waals surface area contributed by atoms with Crippen LogP contribution in [0.2, 0.25) is 0 Å². The number of hydrogen-bond acceptors (Lipinski definition) is 4. The van der Waals surface area contributed by atoms with Crippen LogP contribution in [0.1, 0.15) is 48.8 Å². The Labute approximate surface area is 223 Å². The predicted octanol–water partition coefficient (Wildman–Crippen LogP) is 6.36. The van der Waals surface area contributed by atoms with E-state index in [-0.39, 0.29) is 23.6 Å². The first kappa shape index (κ1) is 28.0. The van der Waals surface area contributed by atoms with Gasteiger partial charge in [0.2, 0.25) is 0 Å². The number of benzene rings is 2. The van der Waals surface area contributed by atoms with Gasteiger partial charge in [-0.05, 0) is 69.4 Å². The number of aryl methyl sites for hydroxylation is 2. The largest absolute Gasteiger partial charge is 0.416 e. The molecule has 2 aliphatic rings. The second kappa shape index (κ2) is 12.2. The summed E-state index contributed by atoms with van der Waals surface area (Å²) in [5.74, 6) is 0.00744. The molecular weight excluding hydrogens is 491 g/mol. The van der Waals surface area contributed by atoms with Crippen molar-refractivity contribution in [2.75, 3.05) is 36.4 Å². The highest BCUT2D eigenvalue weighted by molar-refractivity contribution is 5.81. The fourth-order valence-electron chi connectivity index (χ4n) is 5.34. The highest BCUT2D eigenvalue weighted by Gasteiger charge is 2.34. The molecule has 1 unspecified atom stereocenters. The number of piperazine rings is 1. The first-order chi connectivity index (χ1) is 18.1. The SMILES string of the molecule is C=CCC(OC1CCC(Nc2ccc(C)c(C(F)(F)F)c2)CC1)C(=O)N1CCN(c2ccc(C)cc2)CC1. The molecule has 2 aromatic rings. The summed E-state index contributed by atoms with van der Waals surface area (Å²) < 4.78 is 46.1. The van der Waals surface area contributed by atoms with Crippen LogP contribution in [0.25, 0.3) is 0 Å². The lowest BCUT2D eigenvalue weighted by Gasteiger charge is -2.38. The lowest BCUT2D eigenvalue weighted by Crippen LogP contribution is -2.52. The van der Waals surface area contributed by atoms with Crippen molar-refractivity contribution in [1.29, 1.82) is 0 Å². The molecule has 1 heterocycles. The maximum absolute atomic E-state index is 13.3. The van der Waals surface area contributed by atoms with E-state index in [9.17, 15) is 18.0 Å². The Balaban J connectivity index is 1.27. The van der Waals surface area contributed by atoms with E-state index in [0.717, 1.165) is 38.8 Å². The minimum Gasteiger partial charge on any atom is -0.382 e. The normalized spacial score (nSPS) is 21.2. The molecule has 2 aromatic carbocycles. The van der Waals surface area contributed by atoms with Gasteiger partial charge in [-0.25, -0.2) is 0 Å². The van der Waals surface area contributed by atoms with Crippen molar-refractivity contribution in [3.63, 3.8) is 0 Å². The molecule has 8 heteroatoms. The Morgan fingerprint density at radius 2 is 1.71 bits per heavy atom. The van der Waals surface area contributed by atoms with Gasteiger partial charge < -0.3 is 19.9 Å². The first-order valence-corrected chi connectivity index (χ1v) is 13.4. The highest BCUT2D eigenvalue weighted by Crippen LogP contribution is 2.34. The number of nitrogens with one attached hydrogen (secondary N) is 1. The van der Waals surface area contributed by atoms with Gasteiger partial charge in [0.25, 0.3) is 5.91 Å². The molecule has 38 heavy (non-hydrogen) atoms. The fraction of sp³-hybridized carbons (Fsp3) is 0.500. The molecule has 1 aliphatic carbocycles. The van der Waals surface area contributed by atoms with Crippen molar-refractivity contribution in [1.82, 2.24) is 4.90 Å². The van der Waals surface area contributed by atoms with Crippen LogP contribution in [0.15, 0.2) is 55.1 Å². The molecule has 0 bridgehead atoms. The van der Waals surface area contributed by atoms with Gasteiger partial charge in [-0.2, -0.15) is 13.2 Å². The summed E-state index contributed by atoms with van der Waals surface area (Å²) in [5, 5.41) is 3.26. The fourth-order valence-corrected chi connectivity index (χ4v) is 5.34. The van der Waals surface area contributed by atoms with Gasteiger partial charge in [0.05, 0.1) is 11.7 Å². The van der Waals surface area contributed by atoms with Crippen molar-refractivity contribution < 1.29 is 22.7 Å². The standard InChI is InChI=1S/C30H38F3N3O2/c1-4-5-28(29(37)36-18-16-35(17-19-36)25-12-6-21(2)7-13-25)38-26-14-10-23(11-15-26)34-24-9-8-22(3)27(20-24)30(31,32)33/h4,6-9,12-13,20,23,26,28,34H,1,5,10-11,14-19H2,2-3H3. The lowest BCUT2D eigenvalue weighted by atomic mass is 9.92. The molecule has 0 aromatic heterocycles. The zero-order chi connectivity index (χ0) is 27.3. The van der Waals surface area contributed by atoms with Gasteiger partial charge in [-0.15, -0.1) is 6.58 Å². The molecule has 206 valence electrons. The summed E-state index contributed by atoms with van der Waals surface area (Å²) in [5.41, 5.74) is 2.49. The zero-order valence-electron chi connectivity index (χ0n) is 22.3. The van der Waals surface area contributed by atoms with Gasteiger partial charge in [0.1, 0.15) is 6.10 Å². The van der Waals surface area contributed by atoms with Gasteiger partial charge >= 0.3 is 6.18 Å². The summed E-state index contributed by atoms with van der Waals surface area (Å²) in [6, 6.07) is 12.9. The summed E-state index contributed by atoms with van der Waals surface area (Å²) >= 11 is 0. The van der Waals surface area contributed by atoms with Crippen LogP contribution >= 0.6 is 0 Å². The average Bonchev–Trinajstić information content (AvgIpc) is 2.90. The number of alkyl halides is 3. The number of amides is 1. The molecule has 1 saturated carbocycles. The number of anilines is 2. The molecule has 2 fully saturated rings. The Bertz CT molecular complexity index is 1090. The van der Waals surface area contributed by atoms with Crippen LogP contribution in [0, 0.1) is 13.8 Å². The maximum atomic E-state index is 13.3. The number of rotatable bonds is 8. The molecular formula is C30H38F3N3O2. The average molecular weight is 530 g/mol. The van der Waals surface area contributed by atoms with Crippen LogP contribution in [-0.2, 0) is 15.7 Å². The van der Waals surface area contributed by atoms with Gasteiger partial charge in [0.15, 0.2) is 0 Å². The van der Waals surface area contributed by atoms with Crippen molar-refractivity contribution in [3.8, 4) is 0 Å². The van der Waals surface area contributed by atoms with Crippen LogP contribution < -0.4 is 10.2 Å². The summed E-state index contributed by atoms with van der Waals surface area (Å²) in [6.07, 6.45) is 0.239. The van der Waals surface area contributed by atoms with Crippen LogP contribution in [-0.4, -0.2) is 55.2 Å². The van der Waals surface area contributed by atoms with Crippen molar-refractivity contribution in [2.24, 2.45) is 0 Å². The second-order valence-electron chi connectivity index (χ2n) is 10.4. The number of ether oxygens (including phenoxy) is 1. The molecule has 1 aliphatic heterocycles. The quantitative estimate of drug-likeness (QED) is 0.405. The molecule has 1 amide bonds. The summed E-state index contributed by atoms with van der Waals surface area (Å²) in [6.45, 7) is 10.2. The number of hydrogen-bond donors (Lipinski definition) is 1. The van der Waals surface area contributed by atoms with Gasteiger partial charge in [-0.3, -0.25) is 4.79 Å². The number of carbonyl (C=O) groups excluding carboxylic acids is 1. The monoisotopic (exact) mass is 529 g/mol. The van der Waals surface area contributed by atoms with Crippen LogP contribution in [0.5, 0.6) is 0 Å². The molecule has 1 saturated heterocycles. The molecule has 1 N–H and O–H groups in total. The van der Waals surface area contributed by atoms with Crippen molar-refractivity contribution >= 4 is 17.3 Å². The van der Waals surface area contributed by atoms with Gasteiger partial charge in [0, 0.05) is 50.0 Å². The third-order valence-corrected chi connectivity index (χ3v) is 7.59. The highest BCUT2D eigenvalue weighted by atomic mass is 19.4. The maximum Gasteiger partial charge on any atom is 0.416 e. The van der Waals surface area contributed by atoms with E-state index < -0.39 is 17.8 Å². The predicted molar refractivity (Wildman–Crippen MR) is 146 cm³/mol. The van der Waals surface area contributed by atoms with E-state index >= 15 is 0 Å². The molecule has 5 nitrogen and oxygen atoms in total. The third-order valence-electron chi connectivity index (χ3n) is 7.59. The smallest absolute Gasteiger partial charge is 0.382 e. The van der Waals surface area contributed by atoms with E-state index in [1.807, 2.05) is 4.90 Å².